The van der Waals surface area contributed by atoms with Gasteiger partial charge in [0.05, 0.1) is 7.11 Å². The van der Waals surface area contributed by atoms with E-state index < -0.39 is 0 Å². The predicted molar refractivity (Wildman–Crippen MR) is 54.1 cm³/mol. The van der Waals surface area contributed by atoms with E-state index in [1.165, 1.54) is 0 Å². The molecular weight excluding hydrogens is 164 g/mol. The third-order valence-corrected chi connectivity index (χ3v) is 2.08. The predicted octanol–water partition coefficient (Wildman–Crippen LogP) is 2.61. The second kappa shape index (κ2) is 3.99. The Labute approximate surface area is 78.5 Å². The van der Waals surface area contributed by atoms with E-state index >= 15 is 0 Å². The molecule has 13 heavy (non-hydrogen) atoms. The lowest BCUT2D eigenvalue weighted by Crippen LogP contribution is -1.91. The van der Waals surface area contributed by atoms with Crippen molar-refractivity contribution >= 4 is 6.08 Å². The van der Waals surface area contributed by atoms with Crippen LogP contribution in [0.3, 0.4) is 0 Å². The lowest BCUT2D eigenvalue weighted by molar-refractivity contribution is 0.371. The lowest BCUT2D eigenvalue weighted by Gasteiger charge is -2.10. The Balaban J connectivity index is 3.31. The van der Waals surface area contributed by atoms with Crippen molar-refractivity contribution in [2.45, 2.75) is 13.3 Å². The van der Waals surface area contributed by atoms with Crippen molar-refractivity contribution in [2.24, 2.45) is 0 Å². The number of hydrogen-bond acceptors (Lipinski definition) is 2. The molecule has 0 unspecified atom stereocenters. The minimum absolute atomic E-state index is 0.224. The molecular formula is C11H14O2. The van der Waals surface area contributed by atoms with Gasteiger partial charge in [0.2, 0.25) is 0 Å². The molecule has 0 aliphatic rings. The zero-order chi connectivity index (χ0) is 9.84. The molecule has 2 nitrogen and oxygen atoms in total. The molecule has 0 aliphatic heterocycles. The van der Waals surface area contributed by atoms with Crippen LogP contribution < -0.4 is 4.74 Å². The lowest BCUT2D eigenvalue weighted by atomic mass is 10.0. The second-order valence-corrected chi connectivity index (χ2v) is 2.74. The molecule has 0 heterocycles. The highest BCUT2D eigenvalue weighted by atomic mass is 16.5. The van der Waals surface area contributed by atoms with Crippen LogP contribution in [0.5, 0.6) is 11.5 Å². The summed E-state index contributed by atoms with van der Waals surface area (Å²) in [5.74, 6) is 0.741. The molecule has 70 valence electrons. The van der Waals surface area contributed by atoms with Gasteiger partial charge in [-0.15, -0.1) is 0 Å². The van der Waals surface area contributed by atoms with E-state index in [1.54, 1.807) is 19.3 Å². The molecule has 0 radical (unpaired) electrons. The highest BCUT2D eigenvalue weighted by molar-refractivity contribution is 5.60. The monoisotopic (exact) mass is 178 g/mol. The van der Waals surface area contributed by atoms with Crippen molar-refractivity contribution in [3.8, 4) is 11.5 Å². The van der Waals surface area contributed by atoms with Gasteiger partial charge >= 0.3 is 0 Å². The summed E-state index contributed by atoms with van der Waals surface area (Å²) in [4.78, 5) is 0. The molecule has 1 aromatic carbocycles. The normalized spacial score (nSPS) is 9.69. The molecule has 1 rings (SSSR count). The summed E-state index contributed by atoms with van der Waals surface area (Å²) in [5, 5.41) is 9.73. The highest BCUT2D eigenvalue weighted by Gasteiger charge is 2.08. The maximum Gasteiger partial charge on any atom is 0.161 e. The van der Waals surface area contributed by atoms with E-state index in [-0.39, 0.29) is 5.75 Å². The van der Waals surface area contributed by atoms with E-state index in [9.17, 15) is 5.11 Å². The van der Waals surface area contributed by atoms with Crippen LogP contribution >= 0.6 is 0 Å². The van der Waals surface area contributed by atoms with E-state index in [0.717, 1.165) is 17.5 Å². The van der Waals surface area contributed by atoms with Crippen molar-refractivity contribution in [3.05, 3.63) is 29.8 Å². The Morgan fingerprint density at radius 3 is 2.69 bits per heavy atom. The molecule has 1 aromatic rings. The number of rotatable bonds is 3. The number of aromatic hydroxyl groups is 1. The van der Waals surface area contributed by atoms with Crippen LogP contribution in [0.4, 0.5) is 0 Å². The smallest absolute Gasteiger partial charge is 0.161 e. The summed E-state index contributed by atoms with van der Waals surface area (Å²) in [6.45, 7) is 5.67. The molecule has 0 aromatic heterocycles. The molecule has 0 aliphatic carbocycles. The van der Waals surface area contributed by atoms with Crippen molar-refractivity contribution in [1.29, 1.82) is 0 Å². The van der Waals surface area contributed by atoms with Crippen molar-refractivity contribution < 1.29 is 9.84 Å². The minimum Gasteiger partial charge on any atom is -0.504 e. The first-order valence-corrected chi connectivity index (χ1v) is 4.25. The minimum atomic E-state index is 0.224. The van der Waals surface area contributed by atoms with Crippen LogP contribution in [0, 0.1) is 0 Å². The SMILES string of the molecule is C=Cc1ccc(OC)c(O)c1CC. The zero-order valence-electron chi connectivity index (χ0n) is 8.00. The first-order valence-electron chi connectivity index (χ1n) is 4.25. The fourth-order valence-corrected chi connectivity index (χ4v) is 1.36. The summed E-state index contributed by atoms with van der Waals surface area (Å²) in [6, 6.07) is 3.63. The quantitative estimate of drug-likeness (QED) is 0.770. The average Bonchev–Trinajstić information content (AvgIpc) is 2.17. The molecule has 2 heteroatoms. The van der Waals surface area contributed by atoms with Crippen molar-refractivity contribution in [1.82, 2.24) is 0 Å². The fourth-order valence-electron chi connectivity index (χ4n) is 1.36. The average molecular weight is 178 g/mol. The maximum atomic E-state index is 9.73. The molecule has 0 saturated heterocycles. The van der Waals surface area contributed by atoms with Crippen LogP contribution in [0.15, 0.2) is 18.7 Å². The van der Waals surface area contributed by atoms with Crippen LogP contribution in [0.25, 0.3) is 6.08 Å². The number of benzene rings is 1. The highest BCUT2D eigenvalue weighted by Crippen LogP contribution is 2.32. The summed E-state index contributed by atoms with van der Waals surface area (Å²) < 4.78 is 5.00. The number of ether oxygens (including phenoxy) is 1. The molecule has 1 N–H and O–H groups in total. The number of phenolic OH excluding ortho intramolecular Hbond substituents is 1. The Kier molecular flexibility index (Phi) is 2.96. The largest absolute Gasteiger partial charge is 0.504 e. The molecule has 0 fully saturated rings. The molecule has 0 saturated carbocycles. The Morgan fingerprint density at radius 2 is 2.23 bits per heavy atom. The van der Waals surface area contributed by atoms with Crippen LogP contribution in [-0.2, 0) is 6.42 Å². The van der Waals surface area contributed by atoms with Crippen LogP contribution in [0.2, 0.25) is 0 Å². The molecule has 0 atom stereocenters. The van der Waals surface area contributed by atoms with E-state index in [0.29, 0.717) is 5.75 Å². The van der Waals surface area contributed by atoms with Gasteiger partial charge in [0.1, 0.15) is 0 Å². The van der Waals surface area contributed by atoms with Gasteiger partial charge in [-0.05, 0) is 18.1 Å². The van der Waals surface area contributed by atoms with E-state index in [1.807, 2.05) is 13.0 Å². The van der Waals surface area contributed by atoms with Crippen molar-refractivity contribution in [2.75, 3.05) is 7.11 Å². The summed E-state index contributed by atoms with van der Waals surface area (Å²) in [6.07, 6.45) is 2.50. The van der Waals surface area contributed by atoms with Gasteiger partial charge in [-0.25, -0.2) is 0 Å². The van der Waals surface area contributed by atoms with Gasteiger partial charge in [0.25, 0.3) is 0 Å². The maximum absolute atomic E-state index is 9.73. The van der Waals surface area contributed by atoms with Gasteiger partial charge < -0.3 is 9.84 Å². The first-order chi connectivity index (χ1) is 6.24. The number of phenols is 1. The van der Waals surface area contributed by atoms with Crippen LogP contribution in [0.1, 0.15) is 18.1 Å². The third kappa shape index (κ3) is 1.66. The number of hydrogen-bond donors (Lipinski definition) is 1. The molecule has 0 spiro atoms. The van der Waals surface area contributed by atoms with Gasteiger partial charge in [-0.1, -0.05) is 25.6 Å². The topological polar surface area (TPSA) is 29.5 Å². The summed E-state index contributed by atoms with van der Waals surface area (Å²) >= 11 is 0. The second-order valence-electron chi connectivity index (χ2n) is 2.74. The summed E-state index contributed by atoms with van der Waals surface area (Å²) in [5.41, 5.74) is 1.84. The Hall–Kier alpha value is -1.44. The standard InChI is InChI=1S/C11H14O2/c1-4-8-6-7-10(13-3)11(12)9(8)5-2/h4,6-7,12H,1,5H2,2-3H3. The van der Waals surface area contributed by atoms with Gasteiger partial charge in [-0.2, -0.15) is 0 Å². The summed E-state index contributed by atoms with van der Waals surface area (Å²) in [7, 11) is 1.54. The first kappa shape index (κ1) is 9.65. The molecule has 0 bridgehead atoms. The van der Waals surface area contributed by atoms with Crippen molar-refractivity contribution in [3.63, 3.8) is 0 Å². The van der Waals surface area contributed by atoms with E-state index in [2.05, 4.69) is 6.58 Å². The van der Waals surface area contributed by atoms with Gasteiger partial charge in [0, 0.05) is 5.56 Å². The van der Waals surface area contributed by atoms with Gasteiger partial charge in [0.15, 0.2) is 11.5 Å². The van der Waals surface area contributed by atoms with Gasteiger partial charge in [-0.3, -0.25) is 0 Å². The van der Waals surface area contributed by atoms with E-state index in [4.69, 9.17) is 4.74 Å². The Bertz CT molecular complexity index is 316. The van der Waals surface area contributed by atoms with Crippen LogP contribution in [-0.4, -0.2) is 12.2 Å². The number of methoxy groups -OCH3 is 1. The third-order valence-electron chi connectivity index (χ3n) is 2.08. The Morgan fingerprint density at radius 1 is 1.54 bits per heavy atom. The molecule has 0 amide bonds. The fraction of sp³-hybridized carbons (Fsp3) is 0.273. The zero-order valence-corrected chi connectivity index (χ0v) is 8.00.